The van der Waals surface area contributed by atoms with Gasteiger partial charge in [0.1, 0.15) is 11.5 Å². The Morgan fingerprint density at radius 3 is 2.41 bits per heavy atom. The van der Waals surface area contributed by atoms with Crippen molar-refractivity contribution in [3.63, 3.8) is 0 Å². The van der Waals surface area contributed by atoms with E-state index in [1.54, 1.807) is 0 Å². The molecule has 1 nitrogen and oxygen atoms in total. The van der Waals surface area contributed by atoms with E-state index >= 15 is 0 Å². The third kappa shape index (κ3) is 1.80. The Morgan fingerprint density at radius 1 is 0.741 bits per heavy atom. The summed E-state index contributed by atoms with van der Waals surface area (Å²) in [7, 11) is 0. The zero-order chi connectivity index (χ0) is 18.0. The van der Waals surface area contributed by atoms with Gasteiger partial charge in [0.15, 0.2) is 0 Å². The maximum Gasteiger partial charge on any atom is 0.133 e. The van der Waals surface area contributed by atoms with Crippen molar-refractivity contribution in [1.82, 2.24) is 0 Å². The number of fused-ring (bicyclic) bond motifs is 9. The molecule has 3 unspecified atom stereocenters. The van der Waals surface area contributed by atoms with Gasteiger partial charge in [-0.25, -0.2) is 0 Å². The Bertz CT molecular complexity index is 1140. The maximum absolute atomic E-state index is 6.85. The summed E-state index contributed by atoms with van der Waals surface area (Å²) in [6.07, 6.45) is 9.01. The zero-order valence-corrected chi connectivity index (χ0v) is 15.4. The number of hydrogen-bond acceptors (Lipinski definition) is 1. The predicted octanol–water partition coefficient (Wildman–Crippen LogP) is 6.62. The van der Waals surface area contributed by atoms with Crippen LogP contribution in [-0.4, -0.2) is 0 Å². The molecule has 2 heteroatoms. The largest absolute Gasteiger partial charge is 0.457 e. The first-order chi connectivity index (χ1) is 13.3. The van der Waals surface area contributed by atoms with E-state index in [4.69, 9.17) is 16.3 Å². The van der Waals surface area contributed by atoms with Gasteiger partial charge in [-0.05, 0) is 29.3 Å². The van der Waals surface area contributed by atoms with E-state index in [0.717, 1.165) is 22.1 Å². The van der Waals surface area contributed by atoms with Gasteiger partial charge in [0.05, 0.1) is 5.41 Å². The molecule has 3 aromatic carbocycles. The van der Waals surface area contributed by atoms with Gasteiger partial charge < -0.3 is 4.74 Å². The van der Waals surface area contributed by atoms with Crippen LogP contribution in [0.5, 0.6) is 11.5 Å². The molecule has 6 rings (SSSR count). The van der Waals surface area contributed by atoms with Crippen LogP contribution in [0, 0.1) is 5.92 Å². The van der Waals surface area contributed by atoms with E-state index in [-0.39, 0.29) is 11.3 Å². The van der Waals surface area contributed by atoms with Gasteiger partial charge in [-0.3, -0.25) is 0 Å². The van der Waals surface area contributed by atoms with Gasteiger partial charge in [0.25, 0.3) is 0 Å². The molecule has 0 saturated heterocycles. The van der Waals surface area contributed by atoms with E-state index in [0.29, 0.717) is 5.92 Å². The fraction of sp³-hybridized carbons (Fsp3) is 0.120. The molecule has 0 bridgehead atoms. The van der Waals surface area contributed by atoms with Crippen LogP contribution in [-0.2, 0) is 5.41 Å². The lowest BCUT2D eigenvalue weighted by molar-refractivity contribution is 0.374. The molecular weight excluding hydrogens is 352 g/mol. The number of allylic oxidation sites excluding steroid dienone is 4. The van der Waals surface area contributed by atoms with E-state index in [2.05, 4.69) is 66.8 Å². The topological polar surface area (TPSA) is 9.23 Å². The van der Waals surface area contributed by atoms with Crippen LogP contribution >= 0.6 is 11.6 Å². The van der Waals surface area contributed by atoms with Crippen LogP contribution in [0.1, 0.15) is 28.2 Å². The Balaban J connectivity index is 1.82. The average Bonchev–Trinajstić information content (AvgIpc) is 3.00. The highest BCUT2D eigenvalue weighted by Crippen LogP contribution is 2.65. The Hall–Kier alpha value is -2.77. The van der Waals surface area contributed by atoms with Crippen LogP contribution < -0.4 is 4.74 Å². The summed E-state index contributed by atoms with van der Waals surface area (Å²) in [6, 6.07) is 23.2. The van der Waals surface area contributed by atoms with Crippen molar-refractivity contribution in [3.8, 4) is 11.5 Å². The first-order valence-corrected chi connectivity index (χ1v) is 9.70. The molecule has 1 aliphatic heterocycles. The van der Waals surface area contributed by atoms with Gasteiger partial charge in [0.2, 0.25) is 0 Å². The maximum atomic E-state index is 6.85. The average molecular weight is 369 g/mol. The number of hydrogen-bond donors (Lipinski definition) is 0. The van der Waals surface area contributed by atoms with Crippen molar-refractivity contribution in [2.24, 2.45) is 5.92 Å². The SMILES string of the molecule is Clc1cccc2c1C1(c3ccccc3O2)c2ccccc2C2C=CC=CC21. The number of ether oxygens (including phenoxy) is 1. The molecule has 0 radical (unpaired) electrons. The predicted molar refractivity (Wildman–Crippen MR) is 109 cm³/mol. The smallest absolute Gasteiger partial charge is 0.133 e. The van der Waals surface area contributed by atoms with Crippen molar-refractivity contribution in [3.05, 3.63) is 118 Å². The summed E-state index contributed by atoms with van der Waals surface area (Å²) in [4.78, 5) is 0. The molecule has 27 heavy (non-hydrogen) atoms. The minimum Gasteiger partial charge on any atom is -0.457 e. The molecule has 1 spiro atoms. The third-order valence-corrected chi connectivity index (χ3v) is 6.60. The molecule has 130 valence electrons. The van der Waals surface area contributed by atoms with Crippen LogP contribution in [0.4, 0.5) is 0 Å². The second-order valence-corrected chi connectivity index (χ2v) is 7.84. The molecule has 3 aromatic rings. The monoisotopic (exact) mass is 368 g/mol. The highest BCUT2D eigenvalue weighted by molar-refractivity contribution is 6.32. The fourth-order valence-corrected chi connectivity index (χ4v) is 5.69. The number of para-hydroxylation sites is 1. The van der Waals surface area contributed by atoms with Crippen molar-refractivity contribution in [2.45, 2.75) is 11.3 Å². The second-order valence-electron chi connectivity index (χ2n) is 7.43. The Morgan fingerprint density at radius 2 is 1.48 bits per heavy atom. The third-order valence-electron chi connectivity index (χ3n) is 6.28. The first kappa shape index (κ1) is 15.3. The van der Waals surface area contributed by atoms with Crippen LogP contribution in [0.2, 0.25) is 5.02 Å². The lowest BCUT2D eigenvalue weighted by Crippen LogP contribution is -2.38. The zero-order valence-electron chi connectivity index (χ0n) is 14.6. The molecule has 2 aliphatic carbocycles. The van der Waals surface area contributed by atoms with Crippen LogP contribution in [0.15, 0.2) is 91.0 Å². The molecule has 3 aliphatic rings. The first-order valence-electron chi connectivity index (χ1n) is 9.32. The lowest BCUT2D eigenvalue weighted by atomic mass is 9.62. The normalized spacial score (nSPS) is 26.1. The lowest BCUT2D eigenvalue weighted by Gasteiger charge is -2.43. The fourth-order valence-electron chi connectivity index (χ4n) is 5.38. The van der Waals surface area contributed by atoms with Crippen LogP contribution in [0.25, 0.3) is 0 Å². The second kappa shape index (κ2) is 5.37. The molecular formula is C25H17ClO. The van der Waals surface area contributed by atoms with Gasteiger partial charge >= 0.3 is 0 Å². The molecule has 3 atom stereocenters. The number of rotatable bonds is 0. The Kier molecular flexibility index (Phi) is 3.04. The highest BCUT2D eigenvalue weighted by atomic mass is 35.5. The summed E-state index contributed by atoms with van der Waals surface area (Å²) in [5.41, 5.74) is 4.66. The number of halogens is 1. The van der Waals surface area contributed by atoms with Crippen molar-refractivity contribution in [2.75, 3.05) is 0 Å². The van der Waals surface area contributed by atoms with E-state index in [1.165, 1.54) is 16.7 Å². The standard InChI is InChI=1S/C25H17ClO/c26-21-13-7-15-23-24(21)25(20-12-5-6-14-22(20)27-23)18-10-3-1-8-16(18)17-9-2-4-11-19(17)25/h1-16,18H. The molecule has 1 heterocycles. The number of benzene rings is 3. The molecule has 0 N–H and O–H groups in total. The van der Waals surface area contributed by atoms with Crippen LogP contribution in [0.3, 0.4) is 0 Å². The molecule has 0 saturated carbocycles. The minimum atomic E-state index is -0.342. The summed E-state index contributed by atoms with van der Waals surface area (Å²) in [6.45, 7) is 0. The van der Waals surface area contributed by atoms with Gasteiger partial charge in [-0.15, -0.1) is 0 Å². The highest BCUT2D eigenvalue weighted by Gasteiger charge is 2.57. The summed E-state index contributed by atoms with van der Waals surface area (Å²) in [5.74, 6) is 2.38. The van der Waals surface area contributed by atoms with E-state index < -0.39 is 0 Å². The van der Waals surface area contributed by atoms with E-state index in [1.807, 2.05) is 24.3 Å². The Labute approximate surface area is 163 Å². The van der Waals surface area contributed by atoms with Gasteiger partial charge in [-0.1, -0.05) is 84.4 Å². The minimum absolute atomic E-state index is 0.267. The molecule has 0 aromatic heterocycles. The summed E-state index contributed by atoms with van der Waals surface area (Å²) >= 11 is 6.85. The summed E-state index contributed by atoms with van der Waals surface area (Å²) in [5, 5.41) is 0.764. The van der Waals surface area contributed by atoms with Gasteiger partial charge in [0, 0.05) is 28.0 Å². The quantitative estimate of drug-likeness (QED) is 0.433. The van der Waals surface area contributed by atoms with Gasteiger partial charge in [-0.2, -0.15) is 0 Å². The van der Waals surface area contributed by atoms with E-state index in [9.17, 15) is 0 Å². The summed E-state index contributed by atoms with van der Waals surface area (Å²) < 4.78 is 6.31. The molecule has 0 fully saturated rings. The van der Waals surface area contributed by atoms with Crippen molar-refractivity contribution >= 4 is 11.6 Å². The molecule has 0 amide bonds. The van der Waals surface area contributed by atoms with Crippen molar-refractivity contribution in [1.29, 1.82) is 0 Å². The van der Waals surface area contributed by atoms with Crippen molar-refractivity contribution < 1.29 is 4.74 Å².